The second-order valence-corrected chi connectivity index (χ2v) is 6.14. The van der Waals surface area contributed by atoms with Crippen molar-refractivity contribution >= 4 is 5.91 Å². The molecule has 5 nitrogen and oxygen atoms in total. The van der Waals surface area contributed by atoms with Gasteiger partial charge in [-0.05, 0) is 53.1 Å². The van der Waals surface area contributed by atoms with Crippen LogP contribution in [-0.2, 0) is 4.79 Å². The molecule has 1 aliphatic rings. The number of carbonyl (C=O) groups is 1. The Bertz CT molecular complexity index is 460. The van der Waals surface area contributed by atoms with Gasteiger partial charge in [-0.25, -0.2) is 4.98 Å². The summed E-state index contributed by atoms with van der Waals surface area (Å²) < 4.78 is 0. The smallest absolute Gasteiger partial charge is 0.240 e. The Morgan fingerprint density at radius 2 is 2.15 bits per heavy atom. The summed E-state index contributed by atoms with van der Waals surface area (Å²) in [5.74, 6) is 0.927. The minimum Gasteiger partial charge on any atom is -0.345 e. The first-order chi connectivity index (χ1) is 9.45. The van der Waals surface area contributed by atoms with Crippen molar-refractivity contribution in [3.8, 4) is 0 Å². The second kappa shape index (κ2) is 5.95. The zero-order valence-corrected chi connectivity index (χ0v) is 13.0. The largest absolute Gasteiger partial charge is 0.345 e. The maximum absolute atomic E-state index is 12.6. The average molecular weight is 278 g/mol. The van der Waals surface area contributed by atoms with Gasteiger partial charge in [0.1, 0.15) is 5.82 Å². The molecular formula is C15H26N4O. The predicted molar refractivity (Wildman–Crippen MR) is 79.4 cm³/mol. The molecule has 2 heterocycles. The van der Waals surface area contributed by atoms with Crippen LogP contribution in [0.4, 0.5) is 0 Å². The van der Waals surface area contributed by atoms with Crippen LogP contribution in [0.25, 0.3) is 0 Å². The number of aryl methyl sites for hydroxylation is 1. The maximum Gasteiger partial charge on any atom is 0.240 e. The van der Waals surface area contributed by atoms with Gasteiger partial charge in [-0.3, -0.25) is 9.69 Å². The van der Waals surface area contributed by atoms with Crippen molar-refractivity contribution in [1.29, 1.82) is 0 Å². The van der Waals surface area contributed by atoms with Gasteiger partial charge in [-0.2, -0.15) is 0 Å². The quantitative estimate of drug-likeness (QED) is 0.867. The number of nitrogens with zero attached hydrogens (tertiary/aromatic N) is 2. The minimum atomic E-state index is -0.453. The number of hydrogen-bond donors (Lipinski definition) is 2. The number of aromatic nitrogens is 2. The van der Waals surface area contributed by atoms with Gasteiger partial charge in [-0.1, -0.05) is 6.92 Å². The molecule has 5 heteroatoms. The molecule has 0 aromatic carbocycles. The Kier molecular flexibility index (Phi) is 4.48. The molecule has 112 valence electrons. The molecule has 0 bridgehead atoms. The van der Waals surface area contributed by atoms with Crippen molar-refractivity contribution in [2.24, 2.45) is 0 Å². The third kappa shape index (κ3) is 3.03. The SMILES string of the molecule is CC[C@H](NC(=O)C(C)(C)N1CCCC1)c1ncc(C)[nH]1. The van der Waals surface area contributed by atoms with Crippen LogP contribution in [0, 0.1) is 6.92 Å². The zero-order valence-electron chi connectivity index (χ0n) is 13.0. The van der Waals surface area contributed by atoms with Crippen molar-refractivity contribution in [2.75, 3.05) is 13.1 Å². The van der Waals surface area contributed by atoms with Crippen LogP contribution < -0.4 is 5.32 Å². The van der Waals surface area contributed by atoms with E-state index < -0.39 is 5.54 Å². The van der Waals surface area contributed by atoms with Gasteiger partial charge in [0.25, 0.3) is 0 Å². The lowest BCUT2D eigenvalue weighted by Gasteiger charge is -2.35. The molecule has 20 heavy (non-hydrogen) atoms. The fourth-order valence-electron chi connectivity index (χ4n) is 2.73. The summed E-state index contributed by atoms with van der Waals surface area (Å²) in [5, 5.41) is 3.14. The highest BCUT2D eigenvalue weighted by atomic mass is 16.2. The molecule has 0 unspecified atom stereocenters. The average Bonchev–Trinajstić information content (AvgIpc) is 3.06. The Morgan fingerprint density at radius 1 is 1.50 bits per heavy atom. The van der Waals surface area contributed by atoms with Gasteiger partial charge < -0.3 is 10.3 Å². The van der Waals surface area contributed by atoms with E-state index in [-0.39, 0.29) is 11.9 Å². The lowest BCUT2D eigenvalue weighted by atomic mass is 10.0. The highest BCUT2D eigenvalue weighted by molar-refractivity contribution is 5.85. The van der Waals surface area contributed by atoms with E-state index in [1.165, 1.54) is 12.8 Å². The lowest BCUT2D eigenvalue weighted by molar-refractivity contribution is -0.132. The van der Waals surface area contributed by atoms with E-state index >= 15 is 0 Å². The summed E-state index contributed by atoms with van der Waals surface area (Å²) in [4.78, 5) is 22.4. The number of amides is 1. The summed E-state index contributed by atoms with van der Waals surface area (Å²) in [6, 6.07) is -0.0434. The minimum absolute atomic E-state index is 0.0434. The van der Waals surface area contributed by atoms with E-state index in [2.05, 4.69) is 27.1 Å². The van der Waals surface area contributed by atoms with E-state index in [4.69, 9.17) is 0 Å². The molecule has 1 amide bonds. The molecule has 0 aliphatic carbocycles. The van der Waals surface area contributed by atoms with E-state index in [1.54, 1.807) is 6.20 Å². The standard InChI is InChI=1S/C15H26N4O/c1-5-12(13-16-10-11(2)17-13)18-14(20)15(3,4)19-8-6-7-9-19/h10,12H,5-9H2,1-4H3,(H,16,17)(H,18,20)/t12-/m0/s1. The second-order valence-electron chi connectivity index (χ2n) is 6.14. The number of carbonyl (C=O) groups excluding carboxylic acids is 1. The van der Waals surface area contributed by atoms with Gasteiger partial charge >= 0.3 is 0 Å². The molecule has 1 saturated heterocycles. The summed E-state index contributed by atoms with van der Waals surface area (Å²) in [6.45, 7) is 10.1. The molecule has 1 aromatic heterocycles. The molecule has 2 rings (SSSR count). The van der Waals surface area contributed by atoms with Gasteiger partial charge in [0.2, 0.25) is 5.91 Å². The van der Waals surface area contributed by atoms with Crippen LogP contribution in [0.2, 0.25) is 0 Å². The third-order valence-corrected chi connectivity index (χ3v) is 4.22. The van der Waals surface area contributed by atoms with Crippen molar-refractivity contribution in [1.82, 2.24) is 20.2 Å². The monoisotopic (exact) mass is 278 g/mol. The van der Waals surface area contributed by atoms with E-state index in [0.29, 0.717) is 0 Å². The van der Waals surface area contributed by atoms with Gasteiger partial charge in [0, 0.05) is 11.9 Å². The molecule has 2 N–H and O–H groups in total. The first kappa shape index (κ1) is 15.0. The molecular weight excluding hydrogens is 252 g/mol. The molecule has 1 fully saturated rings. The van der Waals surface area contributed by atoms with Gasteiger partial charge in [-0.15, -0.1) is 0 Å². The summed E-state index contributed by atoms with van der Waals surface area (Å²) in [7, 11) is 0. The van der Waals surface area contributed by atoms with Crippen LogP contribution in [0.15, 0.2) is 6.20 Å². The number of aromatic amines is 1. The zero-order chi connectivity index (χ0) is 14.8. The van der Waals surface area contributed by atoms with Crippen LogP contribution in [0.1, 0.15) is 57.6 Å². The molecule has 0 saturated carbocycles. The molecule has 0 radical (unpaired) electrons. The van der Waals surface area contributed by atoms with Crippen LogP contribution >= 0.6 is 0 Å². The van der Waals surface area contributed by atoms with Gasteiger partial charge in [0.15, 0.2) is 0 Å². The van der Waals surface area contributed by atoms with Crippen LogP contribution in [0.5, 0.6) is 0 Å². The number of H-pyrrole nitrogens is 1. The summed E-state index contributed by atoms with van der Waals surface area (Å²) in [5.41, 5.74) is 0.567. The lowest BCUT2D eigenvalue weighted by Crippen LogP contribution is -2.54. The molecule has 0 spiro atoms. The molecule has 1 aromatic rings. The third-order valence-electron chi connectivity index (χ3n) is 4.22. The van der Waals surface area contributed by atoms with Crippen molar-refractivity contribution in [2.45, 2.75) is 58.5 Å². The van der Waals surface area contributed by atoms with Crippen LogP contribution in [-0.4, -0.2) is 39.4 Å². The molecule has 1 atom stereocenters. The number of rotatable bonds is 5. The first-order valence-corrected chi connectivity index (χ1v) is 7.52. The van der Waals surface area contributed by atoms with Crippen molar-refractivity contribution in [3.05, 3.63) is 17.7 Å². The highest BCUT2D eigenvalue weighted by Crippen LogP contribution is 2.23. The predicted octanol–water partition coefficient (Wildman–Crippen LogP) is 2.16. The van der Waals surface area contributed by atoms with Gasteiger partial charge in [0.05, 0.1) is 11.6 Å². The number of imidazole rings is 1. The number of likely N-dealkylation sites (tertiary alicyclic amines) is 1. The number of nitrogens with one attached hydrogen (secondary N) is 2. The Morgan fingerprint density at radius 3 is 2.65 bits per heavy atom. The van der Waals surface area contributed by atoms with Crippen molar-refractivity contribution < 1.29 is 4.79 Å². The number of hydrogen-bond acceptors (Lipinski definition) is 3. The maximum atomic E-state index is 12.6. The Hall–Kier alpha value is -1.36. The Labute approximate surface area is 121 Å². The summed E-state index contributed by atoms with van der Waals surface area (Å²) in [6.07, 6.45) is 5.00. The highest BCUT2D eigenvalue weighted by Gasteiger charge is 2.37. The Balaban J connectivity index is 2.05. The first-order valence-electron chi connectivity index (χ1n) is 7.52. The fraction of sp³-hybridized carbons (Fsp3) is 0.733. The normalized spacial score (nSPS) is 18.2. The molecule has 1 aliphatic heterocycles. The fourth-order valence-corrected chi connectivity index (χ4v) is 2.73. The van der Waals surface area contributed by atoms with Crippen molar-refractivity contribution in [3.63, 3.8) is 0 Å². The van der Waals surface area contributed by atoms with E-state index in [0.717, 1.165) is 31.0 Å². The van der Waals surface area contributed by atoms with Crippen LogP contribution in [0.3, 0.4) is 0 Å². The van der Waals surface area contributed by atoms with E-state index in [1.807, 2.05) is 20.8 Å². The topological polar surface area (TPSA) is 61.0 Å². The summed E-state index contributed by atoms with van der Waals surface area (Å²) >= 11 is 0. The van der Waals surface area contributed by atoms with E-state index in [9.17, 15) is 4.79 Å².